The van der Waals surface area contributed by atoms with Crippen molar-refractivity contribution in [3.05, 3.63) is 81.4 Å². The lowest BCUT2D eigenvalue weighted by Crippen LogP contribution is -2.41. The number of amides is 1. The van der Waals surface area contributed by atoms with Crippen molar-refractivity contribution in [1.82, 2.24) is 9.88 Å². The van der Waals surface area contributed by atoms with E-state index >= 15 is 0 Å². The molecule has 1 fully saturated rings. The number of hydrogen-bond acceptors (Lipinski definition) is 4. The molecule has 0 aliphatic heterocycles. The average Bonchev–Trinajstić information content (AvgIpc) is 3.24. The summed E-state index contributed by atoms with van der Waals surface area (Å²) in [5, 5.41) is 1.51. The number of aromatic nitrogens is 1. The van der Waals surface area contributed by atoms with Gasteiger partial charge in [-0.2, -0.15) is 0 Å². The summed E-state index contributed by atoms with van der Waals surface area (Å²) in [4.78, 5) is 21.5. The Bertz CT molecular complexity index is 1440. The predicted molar refractivity (Wildman–Crippen MR) is 158 cm³/mol. The van der Waals surface area contributed by atoms with Crippen LogP contribution in [-0.2, 0) is 6.54 Å². The van der Waals surface area contributed by atoms with E-state index in [4.69, 9.17) is 16.3 Å². The van der Waals surface area contributed by atoms with Crippen LogP contribution in [0.5, 0.6) is 5.75 Å². The maximum atomic E-state index is 14.2. The number of hydrogen-bond donors (Lipinski definition) is 0. The summed E-state index contributed by atoms with van der Waals surface area (Å²) >= 11 is 8.30. The van der Waals surface area contributed by atoms with Gasteiger partial charge in [0.05, 0.1) is 11.6 Å². The van der Waals surface area contributed by atoms with Crippen LogP contribution in [0.4, 0.5) is 0 Å². The second kappa shape index (κ2) is 11.5. The standard InChI is InChI=1S/C32H35ClN2O2S/c1-5-37-28-15-12-23(24-16-21(3)34-22(4)17-24)18-25(28)19-35(26-13-10-20(2)11-14-26)32(36)31-30(33)27-8-6-7-9-29(27)38-31/h6-9,12,15-18,20,26H,5,10-11,13-14,19H2,1-4H3. The number of aryl methyl sites for hydroxylation is 2. The molecule has 1 aliphatic rings. The summed E-state index contributed by atoms with van der Waals surface area (Å²) in [6.07, 6.45) is 4.26. The Labute approximate surface area is 234 Å². The van der Waals surface area contributed by atoms with Crippen LogP contribution in [0.25, 0.3) is 21.2 Å². The molecule has 1 saturated carbocycles. The summed E-state index contributed by atoms with van der Waals surface area (Å²) in [5.41, 5.74) is 5.21. The number of ether oxygens (including phenoxy) is 1. The summed E-state index contributed by atoms with van der Waals surface area (Å²) in [6.45, 7) is 9.39. The first-order valence-corrected chi connectivity index (χ1v) is 14.7. The summed E-state index contributed by atoms with van der Waals surface area (Å²) in [6, 6.07) is 18.7. The van der Waals surface area contributed by atoms with Gasteiger partial charge in [0, 0.05) is 39.6 Å². The minimum atomic E-state index is 0.0132. The third-order valence-electron chi connectivity index (χ3n) is 7.53. The Kier molecular flexibility index (Phi) is 8.06. The van der Waals surface area contributed by atoms with Gasteiger partial charge in [-0.25, -0.2) is 0 Å². The number of carbonyl (C=O) groups excluding carboxylic acids is 1. The first-order valence-electron chi connectivity index (χ1n) is 13.5. The lowest BCUT2D eigenvalue weighted by molar-refractivity contribution is 0.0596. The summed E-state index contributed by atoms with van der Waals surface area (Å²) < 4.78 is 7.10. The highest BCUT2D eigenvalue weighted by Crippen LogP contribution is 2.39. The van der Waals surface area contributed by atoms with Crippen LogP contribution in [-0.4, -0.2) is 28.4 Å². The fourth-order valence-corrected chi connectivity index (χ4v) is 7.03. The second-order valence-electron chi connectivity index (χ2n) is 10.5. The zero-order valence-corrected chi connectivity index (χ0v) is 24.2. The van der Waals surface area contributed by atoms with Crippen LogP contribution < -0.4 is 4.74 Å². The van der Waals surface area contributed by atoms with E-state index in [0.29, 0.717) is 29.0 Å². The molecule has 198 valence electrons. The smallest absolute Gasteiger partial charge is 0.266 e. The number of carbonyl (C=O) groups is 1. The predicted octanol–water partition coefficient (Wildman–Crippen LogP) is 8.85. The third-order valence-corrected chi connectivity index (χ3v) is 9.20. The van der Waals surface area contributed by atoms with E-state index in [1.54, 1.807) is 0 Å². The highest BCUT2D eigenvalue weighted by Gasteiger charge is 2.31. The number of rotatable bonds is 7. The minimum Gasteiger partial charge on any atom is -0.494 e. The van der Waals surface area contributed by atoms with Gasteiger partial charge in [-0.15, -0.1) is 11.3 Å². The molecule has 0 atom stereocenters. The number of pyridine rings is 1. The molecular formula is C32H35ClN2O2S. The van der Waals surface area contributed by atoms with Crippen molar-refractivity contribution in [2.24, 2.45) is 5.92 Å². The molecule has 0 saturated heterocycles. The molecule has 1 amide bonds. The fraction of sp³-hybridized carbons (Fsp3) is 0.375. The molecule has 2 aromatic carbocycles. The zero-order valence-electron chi connectivity index (χ0n) is 22.6. The van der Waals surface area contributed by atoms with Gasteiger partial charge >= 0.3 is 0 Å². The van der Waals surface area contributed by atoms with Gasteiger partial charge in [0.25, 0.3) is 5.91 Å². The number of thiophene rings is 1. The van der Waals surface area contributed by atoms with Crippen molar-refractivity contribution in [1.29, 1.82) is 0 Å². The topological polar surface area (TPSA) is 42.4 Å². The molecular weight excluding hydrogens is 512 g/mol. The molecule has 2 aromatic heterocycles. The molecule has 6 heteroatoms. The average molecular weight is 547 g/mol. The van der Waals surface area contributed by atoms with Crippen molar-refractivity contribution >= 4 is 38.9 Å². The molecule has 4 nitrogen and oxygen atoms in total. The van der Waals surface area contributed by atoms with E-state index < -0.39 is 0 Å². The minimum absolute atomic E-state index is 0.0132. The van der Waals surface area contributed by atoms with Gasteiger partial charge in [0.1, 0.15) is 10.6 Å². The lowest BCUT2D eigenvalue weighted by Gasteiger charge is -2.36. The molecule has 0 radical (unpaired) electrons. The van der Waals surface area contributed by atoms with Crippen LogP contribution >= 0.6 is 22.9 Å². The second-order valence-corrected chi connectivity index (χ2v) is 11.9. The number of benzene rings is 2. The van der Waals surface area contributed by atoms with Crippen LogP contribution in [0.3, 0.4) is 0 Å². The molecule has 38 heavy (non-hydrogen) atoms. The van der Waals surface area contributed by atoms with Crippen molar-refractivity contribution in [2.75, 3.05) is 6.61 Å². The number of halogens is 1. The SMILES string of the molecule is CCOc1ccc(-c2cc(C)nc(C)c2)cc1CN(C(=O)c1sc2ccccc2c1Cl)C1CCC(C)CC1. The van der Waals surface area contributed by atoms with E-state index in [0.717, 1.165) is 69.6 Å². The van der Waals surface area contributed by atoms with Crippen LogP contribution in [0.15, 0.2) is 54.6 Å². The maximum absolute atomic E-state index is 14.2. The van der Waals surface area contributed by atoms with E-state index in [-0.39, 0.29) is 11.9 Å². The lowest BCUT2D eigenvalue weighted by atomic mass is 9.86. The molecule has 0 unspecified atom stereocenters. The van der Waals surface area contributed by atoms with Crippen LogP contribution in [0.1, 0.15) is 66.2 Å². The summed E-state index contributed by atoms with van der Waals surface area (Å²) in [5.74, 6) is 1.53. The Morgan fingerprint density at radius 2 is 1.74 bits per heavy atom. The Hall–Kier alpha value is -2.89. The van der Waals surface area contributed by atoms with Gasteiger partial charge in [-0.05, 0) is 93.8 Å². The van der Waals surface area contributed by atoms with E-state index in [1.165, 1.54) is 11.3 Å². The largest absolute Gasteiger partial charge is 0.494 e. The summed E-state index contributed by atoms with van der Waals surface area (Å²) in [7, 11) is 0. The highest BCUT2D eigenvalue weighted by molar-refractivity contribution is 7.21. The fourth-order valence-electron chi connectivity index (χ4n) is 5.57. The first-order chi connectivity index (χ1) is 18.3. The van der Waals surface area contributed by atoms with Crippen molar-refractivity contribution < 1.29 is 9.53 Å². The van der Waals surface area contributed by atoms with Crippen LogP contribution in [0.2, 0.25) is 5.02 Å². The van der Waals surface area contributed by atoms with Crippen molar-refractivity contribution in [3.63, 3.8) is 0 Å². The van der Waals surface area contributed by atoms with Crippen LogP contribution in [0, 0.1) is 19.8 Å². The van der Waals surface area contributed by atoms with Gasteiger partial charge < -0.3 is 9.64 Å². The first kappa shape index (κ1) is 26.7. The molecule has 0 N–H and O–H groups in total. The quantitative estimate of drug-likeness (QED) is 0.232. The number of nitrogens with zero attached hydrogens (tertiary/aromatic N) is 2. The van der Waals surface area contributed by atoms with E-state index in [9.17, 15) is 4.79 Å². The van der Waals surface area contributed by atoms with Gasteiger partial charge in [-0.1, -0.05) is 42.8 Å². The molecule has 4 aromatic rings. The molecule has 5 rings (SSSR count). The Morgan fingerprint density at radius 3 is 2.42 bits per heavy atom. The molecule has 0 bridgehead atoms. The van der Waals surface area contributed by atoms with E-state index in [1.807, 2.05) is 51.1 Å². The Morgan fingerprint density at radius 1 is 1.03 bits per heavy atom. The maximum Gasteiger partial charge on any atom is 0.266 e. The Balaban J connectivity index is 1.56. The molecule has 1 aliphatic carbocycles. The van der Waals surface area contributed by atoms with Gasteiger partial charge in [0.2, 0.25) is 0 Å². The zero-order chi connectivity index (χ0) is 26.8. The van der Waals surface area contributed by atoms with E-state index in [2.05, 4.69) is 41.1 Å². The van der Waals surface area contributed by atoms with Crippen molar-refractivity contribution in [2.45, 2.75) is 66.0 Å². The normalized spacial score (nSPS) is 17.5. The van der Waals surface area contributed by atoms with Crippen molar-refractivity contribution in [3.8, 4) is 16.9 Å². The van der Waals surface area contributed by atoms with Gasteiger partial charge in [-0.3, -0.25) is 9.78 Å². The molecule has 2 heterocycles. The van der Waals surface area contributed by atoms with Gasteiger partial charge in [0.15, 0.2) is 0 Å². The monoisotopic (exact) mass is 546 g/mol. The highest BCUT2D eigenvalue weighted by atomic mass is 35.5. The third kappa shape index (κ3) is 5.60. The molecule has 0 spiro atoms. The number of fused-ring (bicyclic) bond motifs is 1.